The van der Waals surface area contributed by atoms with E-state index in [1.54, 1.807) is 0 Å². The molecule has 2 aliphatic rings. The van der Waals surface area contributed by atoms with Crippen molar-refractivity contribution in [3.63, 3.8) is 0 Å². The van der Waals surface area contributed by atoms with Gasteiger partial charge < -0.3 is 10.5 Å². The zero-order valence-corrected chi connectivity index (χ0v) is 11.6. The minimum Gasteiger partial charge on any atom is -0.370 e. The molecular weight excluding hydrogens is 212 g/mol. The molecule has 1 saturated heterocycles. The highest BCUT2D eigenvalue weighted by molar-refractivity contribution is 4.85. The van der Waals surface area contributed by atoms with Crippen molar-refractivity contribution >= 4 is 0 Å². The number of nitrogens with zero attached hydrogens (tertiary/aromatic N) is 1. The van der Waals surface area contributed by atoms with Crippen LogP contribution in [0.2, 0.25) is 0 Å². The number of nitrogens with two attached hydrogens (primary N) is 1. The summed E-state index contributed by atoms with van der Waals surface area (Å²) in [6.07, 6.45) is 5.53. The van der Waals surface area contributed by atoms with Crippen LogP contribution in [0, 0.1) is 5.92 Å². The van der Waals surface area contributed by atoms with Crippen molar-refractivity contribution in [2.75, 3.05) is 19.6 Å². The van der Waals surface area contributed by atoms with Crippen LogP contribution in [0.5, 0.6) is 0 Å². The van der Waals surface area contributed by atoms with Crippen molar-refractivity contribution in [1.29, 1.82) is 0 Å². The normalized spacial score (nSPS) is 38.5. The van der Waals surface area contributed by atoms with E-state index in [0.29, 0.717) is 12.1 Å². The Morgan fingerprint density at radius 3 is 2.71 bits per heavy atom. The van der Waals surface area contributed by atoms with E-state index in [-0.39, 0.29) is 5.60 Å². The molecule has 0 radical (unpaired) electrons. The maximum atomic E-state index is 6.13. The molecule has 3 unspecified atom stereocenters. The van der Waals surface area contributed by atoms with Crippen LogP contribution in [-0.4, -0.2) is 42.3 Å². The van der Waals surface area contributed by atoms with Gasteiger partial charge in [0.25, 0.3) is 0 Å². The summed E-state index contributed by atoms with van der Waals surface area (Å²) in [5.41, 5.74) is 6.14. The smallest absolute Gasteiger partial charge is 0.0757 e. The molecule has 2 N–H and O–H groups in total. The first-order chi connectivity index (χ1) is 7.96. The Bertz CT molecular complexity index is 255. The van der Waals surface area contributed by atoms with Gasteiger partial charge in [0, 0.05) is 19.1 Å². The molecule has 1 aliphatic heterocycles. The lowest BCUT2D eigenvalue weighted by Crippen LogP contribution is -2.52. The third kappa shape index (κ3) is 3.67. The number of ether oxygens (including phenoxy) is 1. The van der Waals surface area contributed by atoms with Gasteiger partial charge in [-0.05, 0) is 52.5 Å². The van der Waals surface area contributed by atoms with Crippen molar-refractivity contribution in [3.05, 3.63) is 0 Å². The summed E-state index contributed by atoms with van der Waals surface area (Å²) in [6, 6.07) is 0.460. The van der Waals surface area contributed by atoms with Gasteiger partial charge in [-0.1, -0.05) is 6.42 Å². The van der Waals surface area contributed by atoms with Gasteiger partial charge in [0.15, 0.2) is 0 Å². The molecule has 3 heteroatoms. The lowest BCUT2D eigenvalue weighted by Gasteiger charge is -2.42. The second kappa shape index (κ2) is 5.25. The summed E-state index contributed by atoms with van der Waals surface area (Å²) in [7, 11) is 0. The van der Waals surface area contributed by atoms with Gasteiger partial charge in [0.1, 0.15) is 0 Å². The maximum Gasteiger partial charge on any atom is 0.0757 e. The summed E-state index contributed by atoms with van der Waals surface area (Å²) < 4.78 is 5.93. The van der Waals surface area contributed by atoms with E-state index in [2.05, 4.69) is 25.7 Å². The Kier molecular flexibility index (Phi) is 4.11. The van der Waals surface area contributed by atoms with Crippen LogP contribution < -0.4 is 5.73 Å². The van der Waals surface area contributed by atoms with Crippen LogP contribution in [-0.2, 0) is 4.74 Å². The van der Waals surface area contributed by atoms with Crippen molar-refractivity contribution in [2.24, 2.45) is 11.7 Å². The summed E-state index contributed by atoms with van der Waals surface area (Å²) in [4.78, 5) is 2.55. The Hall–Kier alpha value is -0.120. The molecule has 3 atom stereocenters. The lowest BCUT2D eigenvalue weighted by atomic mass is 9.98. The van der Waals surface area contributed by atoms with Crippen molar-refractivity contribution < 1.29 is 4.74 Å². The number of rotatable bonds is 3. The zero-order valence-electron chi connectivity index (χ0n) is 11.6. The fourth-order valence-corrected chi connectivity index (χ4v) is 3.53. The molecule has 0 aromatic heterocycles. The van der Waals surface area contributed by atoms with E-state index in [9.17, 15) is 0 Å². The molecule has 0 bridgehead atoms. The standard InChI is InChI=1S/C14H28N2O/c1-11-9-16(10-14(2,3)17-11)8-7-12-5-4-6-13(12)15/h11-13H,4-10,15H2,1-3H3. The predicted molar refractivity (Wildman–Crippen MR) is 71.0 cm³/mol. The first-order valence-corrected chi connectivity index (χ1v) is 7.12. The quantitative estimate of drug-likeness (QED) is 0.820. The third-order valence-electron chi connectivity index (χ3n) is 4.17. The molecule has 1 heterocycles. The Morgan fingerprint density at radius 1 is 1.35 bits per heavy atom. The van der Waals surface area contributed by atoms with Crippen LogP contribution in [0.1, 0.15) is 46.5 Å². The van der Waals surface area contributed by atoms with Gasteiger partial charge in [-0.25, -0.2) is 0 Å². The Morgan fingerprint density at radius 2 is 2.12 bits per heavy atom. The monoisotopic (exact) mass is 240 g/mol. The highest BCUT2D eigenvalue weighted by Gasteiger charge is 2.32. The summed E-state index contributed by atoms with van der Waals surface area (Å²) in [5, 5.41) is 0. The van der Waals surface area contributed by atoms with Gasteiger partial charge >= 0.3 is 0 Å². The van der Waals surface area contributed by atoms with Crippen molar-refractivity contribution in [1.82, 2.24) is 4.90 Å². The number of hydrogen-bond acceptors (Lipinski definition) is 3. The first kappa shape index (κ1) is 13.3. The largest absolute Gasteiger partial charge is 0.370 e. The average molecular weight is 240 g/mol. The molecule has 2 rings (SSSR count). The van der Waals surface area contributed by atoms with Crippen LogP contribution in [0.15, 0.2) is 0 Å². The van der Waals surface area contributed by atoms with Gasteiger partial charge in [0.05, 0.1) is 11.7 Å². The highest BCUT2D eigenvalue weighted by atomic mass is 16.5. The maximum absolute atomic E-state index is 6.13. The van der Waals surface area contributed by atoms with E-state index in [0.717, 1.165) is 19.0 Å². The number of hydrogen-bond donors (Lipinski definition) is 1. The molecule has 0 spiro atoms. The SMILES string of the molecule is CC1CN(CCC2CCCC2N)CC(C)(C)O1. The molecule has 3 nitrogen and oxygen atoms in total. The second-order valence-electron chi connectivity index (χ2n) is 6.57. The third-order valence-corrected chi connectivity index (χ3v) is 4.17. The van der Waals surface area contributed by atoms with Crippen molar-refractivity contribution in [2.45, 2.75) is 64.2 Å². The van der Waals surface area contributed by atoms with E-state index in [1.807, 2.05) is 0 Å². The minimum absolute atomic E-state index is 0.00938. The Balaban J connectivity index is 1.78. The average Bonchev–Trinajstić information content (AvgIpc) is 2.58. The summed E-state index contributed by atoms with van der Waals surface area (Å²) >= 11 is 0. The van der Waals surface area contributed by atoms with Crippen molar-refractivity contribution in [3.8, 4) is 0 Å². The fourth-order valence-electron chi connectivity index (χ4n) is 3.53. The highest BCUT2D eigenvalue weighted by Crippen LogP contribution is 2.28. The van der Waals surface area contributed by atoms with E-state index < -0.39 is 0 Å². The van der Waals surface area contributed by atoms with Crippen LogP contribution in [0.4, 0.5) is 0 Å². The second-order valence-corrected chi connectivity index (χ2v) is 6.57. The molecule has 17 heavy (non-hydrogen) atoms. The summed E-state index contributed by atoms with van der Waals surface area (Å²) in [6.45, 7) is 9.88. The molecule has 1 saturated carbocycles. The Labute approximate surface area is 106 Å². The summed E-state index contributed by atoms with van der Waals surface area (Å²) in [5.74, 6) is 0.760. The van der Waals surface area contributed by atoms with Crippen LogP contribution >= 0.6 is 0 Å². The molecule has 0 amide bonds. The van der Waals surface area contributed by atoms with E-state index >= 15 is 0 Å². The first-order valence-electron chi connectivity index (χ1n) is 7.12. The van der Waals surface area contributed by atoms with Gasteiger partial charge in [-0.2, -0.15) is 0 Å². The molecule has 0 aromatic rings. The molecule has 0 aromatic carbocycles. The van der Waals surface area contributed by atoms with Gasteiger partial charge in [0.2, 0.25) is 0 Å². The van der Waals surface area contributed by atoms with Crippen LogP contribution in [0.3, 0.4) is 0 Å². The van der Waals surface area contributed by atoms with E-state index in [4.69, 9.17) is 10.5 Å². The lowest BCUT2D eigenvalue weighted by molar-refractivity contribution is -0.129. The topological polar surface area (TPSA) is 38.5 Å². The zero-order chi connectivity index (χ0) is 12.5. The van der Waals surface area contributed by atoms with Gasteiger partial charge in [-0.3, -0.25) is 4.90 Å². The molecule has 2 fully saturated rings. The number of morpholine rings is 1. The molecule has 100 valence electrons. The predicted octanol–water partition coefficient (Wildman–Crippen LogP) is 2.00. The fraction of sp³-hybridized carbons (Fsp3) is 1.00. The van der Waals surface area contributed by atoms with Crippen LogP contribution in [0.25, 0.3) is 0 Å². The minimum atomic E-state index is 0.00938. The molecule has 1 aliphatic carbocycles. The van der Waals surface area contributed by atoms with E-state index in [1.165, 1.54) is 32.2 Å². The van der Waals surface area contributed by atoms with Gasteiger partial charge in [-0.15, -0.1) is 0 Å². The molecular formula is C14H28N2O.